The Kier molecular flexibility index (Phi) is 51.6. The van der Waals surface area contributed by atoms with E-state index in [1.165, 1.54) is 92.0 Å². The molecule has 0 aliphatic carbocycles. The van der Waals surface area contributed by atoms with E-state index in [0.29, 0.717) is 0 Å². The van der Waals surface area contributed by atoms with Gasteiger partial charge in [0.15, 0.2) is 0 Å². The summed E-state index contributed by atoms with van der Waals surface area (Å²) in [5.41, 5.74) is 0. The van der Waals surface area contributed by atoms with Crippen LogP contribution in [0, 0.1) is 141 Å². The van der Waals surface area contributed by atoms with Gasteiger partial charge < -0.3 is 0 Å². The Morgan fingerprint density at radius 2 is 0.264 bits per heavy atom. The fourth-order valence-corrected chi connectivity index (χ4v) is 12.9. The average Bonchev–Trinajstić information content (AvgIpc) is 3.31. The van der Waals surface area contributed by atoms with Gasteiger partial charge in [-0.25, -0.2) is 52.7 Å². The number of hydrogen-bond donors (Lipinski definition) is 0. The summed E-state index contributed by atoms with van der Waals surface area (Å²) >= 11 is 17.2. The number of benzene rings is 4. The molecule has 4 aromatic carbocycles. The Bertz CT molecular complexity index is 1690. The van der Waals surface area contributed by atoms with E-state index in [2.05, 4.69) is 94.1 Å². The number of halogens is 20. The number of thioether (sulfide) groups is 8. The van der Waals surface area contributed by atoms with Crippen LogP contribution in [-0.4, -0.2) is 147 Å². The van der Waals surface area contributed by atoms with Crippen molar-refractivity contribution in [1.82, 2.24) is 0 Å². The van der Waals surface area contributed by atoms with E-state index in [0.717, 1.165) is 24.3 Å². The fourth-order valence-electron chi connectivity index (χ4n) is 3.74. The van der Waals surface area contributed by atoms with Crippen LogP contribution in [0.1, 0.15) is 0 Å². The maximum Gasteiger partial charge on any atom is 1.00 e. The van der Waals surface area contributed by atoms with Crippen molar-refractivity contribution in [2.75, 3.05) is 92.0 Å². The summed E-state index contributed by atoms with van der Waals surface area (Å²) in [5, 5.41) is 0. The largest absolute Gasteiger partial charge is 1.00 e. The van der Waals surface area contributed by atoms with Crippen molar-refractivity contribution in [3.8, 4) is 0 Å². The molecule has 0 spiro atoms. The molecule has 0 radical (unpaired) electrons. The van der Waals surface area contributed by atoms with Gasteiger partial charge in [-0.3, -0.25) is 35.1 Å². The van der Waals surface area contributed by atoms with Gasteiger partial charge in [0.25, 0.3) is 0 Å². The first kappa shape index (κ1) is 80.1. The maximum atomic E-state index is 12.0. The van der Waals surface area contributed by atoms with Crippen LogP contribution in [0.3, 0.4) is 0 Å². The predicted molar refractivity (Wildman–Crippen MR) is 250 cm³/mol. The molecule has 0 bridgehead atoms. The normalized spacial score (nSPS) is 14.3. The van der Waals surface area contributed by atoms with Gasteiger partial charge in [-0.05, 0) is 0 Å². The zero-order chi connectivity index (χ0) is 51.3. The van der Waals surface area contributed by atoms with E-state index in [1.54, 1.807) is 0 Å². The third-order valence-electron chi connectivity index (χ3n) is 6.94. The van der Waals surface area contributed by atoms with Crippen LogP contribution in [-0.2, 0) is 44.8 Å². The van der Waals surface area contributed by atoms with Crippen LogP contribution in [0.25, 0.3) is 0 Å². The van der Waals surface area contributed by atoms with Crippen LogP contribution < -0.4 is 0 Å². The van der Waals surface area contributed by atoms with Crippen molar-refractivity contribution < 1.29 is 133 Å². The summed E-state index contributed by atoms with van der Waals surface area (Å²) in [6.07, 6.45) is 0. The Labute approximate surface area is 508 Å². The molecule has 4 aromatic rings. The summed E-state index contributed by atoms with van der Waals surface area (Å²) in [5.74, 6) is -18.7. The molecule has 0 aromatic heterocycles. The van der Waals surface area contributed by atoms with Crippen molar-refractivity contribution >= 4 is 149 Å². The summed E-state index contributed by atoms with van der Waals surface area (Å²) in [7, 11) is 0. The van der Waals surface area contributed by atoms with Crippen LogP contribution in [0.15, 0.2) is 0 Å². The third kappa shape index (κ3) is 32.0. The van der Waals surface area contributed by atoms with Crippen LogP contribution in [0.4, 0.5) is 87.8 Å². The molecule has 0 saturated carbocycles. The Morgan fingerprint density at radius 1 is 0.181 bits per heavy atom. The summed E-state index contributed by atoms with van der Waals surface area (Å²) in [6.45, 7) is 0. The van der Waals surface area contributed by atoms with Gasteiger partial charge in [-0.15, -0.1) is 24.3 Å². The first-order valence-corrected chi connectivity index (χ1v) is 27.6. The summed E-state index contributed by atoms with van der Waals surface area (Å²) in [4.78, 5) is 0. The first-order chi connectivity index (χ1) is 32.1. The second-order valence-electron chi connectivity index (χ2n) is 11.7. The second-order valence-corrected chi connectivity index (χ2v) is 21.5. The molecule has 1 aliphatic heterocycles. The zero-order valence-corrected chi connectivity index (χ0v) is 55.7. The Hall–Kier alpha value is 1.60. The van der Waals surface area contributed by atoms with E-state index >= 15 is 0 Å². The number of hydrogen-bond acceptors (Lipinski definition) is 8. The van der Waals surface area contributed by atoms with Gasteiger partial charge in [0.1, 0.15) is 0 Å². The molecular weight excluding hydrogens is 1920 g/mol. The minimum Gasteiger partial charge on any atom is -0.278 e. The zero-order valence-electron chi connectivity index (χ0n) is 35.9. The van der Waals surface area contributed by atoms with Crippen molar-refractivity contribution in [2.24, 2.45) is 0 Å². The Morgan fingerprint density at radius 3 is 0.347 bits per heavy atom. The Balaban J connectivity index is -0.000000415. The SMILES string of the molecule is C1CSCCSCCSCCSCCSCCSCCSCCS1.Fc1[c-]c(F)c(F)c(F)c1F.Fc1[c-]c(F)c(F)c(F)c1F.Fc1[c-]c(F)c(F)c(F)c1F.Fc1[c-]c(F)c(F)c(F)c1F.[Au+].[Au+].[Tl+].[Tl+]. The predicted octanol–water partition coefficient (Wildman–Crippen LogP) is 13.8. The number of rotatable bonds is 0. The van der Waals surface area contributed by atoms with Crippen LogP contribution in [0.2, 0.25) is 0 Å². The second kappa shape index (κ2) is 46.4. The molecule has 72 heavy (non-hydrogen) atoms. The van der Waals surface area contributed by atoms with Gasteiger partial charge in [0.05, 0.1) is 116 Å². The van der Waals surface area contributed by atoms with E-state index in [1.807, 2.05) is 0 Å². The topological polar surface area (TPSA) is 0 Å². The molecule has 1 aliphatic rings. The minimum atomic E-state index is -2.17. The molecule has 0 amide bonds. The molecule has 32 heteroatoms. The molecule has 0 unspecified atom stereocenters. The minimum absolute atomic E-state index is 0. The van der Waals surface area contributed by atoms with Crippen LogP contribution in [0.5, 0.6) is 0 Å². The van der Waals surface area contributed by atoms with Gasteiger partial charge in [-0.1, -0.05) is 0 Å². The molecule has 1 saturated heterocycles. The molecule has 0 atom stereocenters. The van der Waals surface area contributed by atoms with Crippen molar-refractivity contribution in [1.29, 1.82) is 0 Å². The molecule has 0 N–H and O–H groups in total. The molecule has 408 valence electrons. The summed E-state index contributed by atoms with van der Waals surface area (Å²) < 4.78 is 239. The van der Waals surface area contributed by atoms with Crippen molar-refractivity contribution in [3.63, 3.8) is 0 Å². The smallest absolute Gasteiger partial charge is 0.278 e. The monoisotopic (exact) mass is 1950 g/mol. The van der Waals surface area contributed by atoms with Crippen molar-refractivity contribution in [2.45, 2.75) is 0 Å². The quantitative estimate of drug-likeness (QED) is 0.0555. The molecule has 5 rings (SSSR count). The van der Waals surface area contributed by atoms with E-state index in [4.69, 9.17) is 0 Å². The molecule has 1 heterocycles. The molecular formula is C40H32Au2F20S8Tl2. The van der Waals surface area contributed by atoms with Crippen molar-refractivity contribution in [3.05, 3.63) is 141 Å². The average molecular weight is 1950 g/mol. The van der Waals surface area contributed by atoms with E-state index in [9.17, 15) is 87.8 Å². The molecule has 0 nitrogen and oxygen atoms in total. The third-order valence-corrected chi connectivity index (χ3v) is 16.9. The van der Waals surface area contributed by atoms with Gasteiger partial charge >= 0.3 is 99.4 Å². The van der Waals surface area contributed by atoms with E-state index < -0.39 is 116 Å². The van der Waals surface area contributed by atoms with E-state index in [-0.39, 0.29) is 99.4 Å². The summed E-state index contributed by atoms with van der Waals surface area (Å²) in [6, 6.07) is 4.10. The standard InChI is InChI=1S/C16H32S8.4C6F5.2Au.2Tl/c1-2-18-5-6-20-9-10-22-13-14-24-16-15-23-12-11-21-8-7-19-4-3-17-1;4*7-2-1-3(8)5(10)6(11)4(2)9;;;;/h1-16H2;;;;;;;;/q;4*-1;4*+1. The van der Waals surface area contributed by atoms with Crippen LogP contribution >= 0.6 is 94.1 Å². The fraction of sp³-hybridized carbons (Fsp3) is 0.400. The molecule has 1 fully saturated rings. The van der Waals surface area contributed by atoms with Gasteiger partial charge in [0, 0.05) is 92.0 Å². The van der Waals surface area contributed by atoms with Gasteiger partial charge in [0.2, 0.25) is 0 Å². The maximum absolute atomic E-state index is 12.0. The van der Waals surface area contributed by atoms with Gasteiger partial charge in [-0.2, -0.15) is 94.1 Å². The first-order valence-electron chi connectivity index (χ1n) is 18.4.